The number of rotatable bonds is 5. The minimum atomic E-state index is -3.25. The van der Waals surface area contributed by atoms with Crippen LogP contribution in [0.1, 0.15) is 22.5 Å². The maximum atomic E-state index is 12.3. The third kappa shape index (κ3) is 4.28. The van der Waals surface area contributed by atoms with E-state index in [0.717, 1.165) is 5.56 Å². The molecule has 1 fully saturated rings. The molecular weight excluding hydrogens is 416 g/mol. The third-order valence-corrected chi connectivity index (χ3v) is 6.66. The van der Waals surface area contributed by atoms with Gasteiger partial charge in [-0.05, 0) is 42.8 Å². The summed E-state index contributed by atoms with van der Waals surface area (Å²) < 4.78 is 35.8. The van der Waals surface area contributed by atoms with E-state index < -0.39 is 16.0 Å². The van der Waals surface area contributed by atoms with Crippen LogP contribution in [0.15, 0.2) is 59.1 Å². The third-order valence-electron chi connectivity index (χ3n) is 4.53. The molecule has 0 saturated carbocycles. The van der Waals surface area contributed by atoms with Crippen molar-refractivity contribution >= 4 is 33.3 Å². The first kappa shape index (κ1) is 19.5. The van der Waals surface area contributed by atoms with Crippen molar-refractivity contribution in [3.63, 3.8) is 0 Å². The number of benzene rings is 2. The predicted octanol–water partition coefficient (Wildman–Crippen LogP) is 3.89. The van der Waals surface area contributed by atoms with Gasteiger partial charge in [0.25, 0.3) is 0 Å². The minimum absolute atomic E-state index is 0.0678. The van der Waals surface area contributed by atoms with Crippen LogP contribution in [-0.2, 0) is 21.4 Å². The van der Waals surface area contributed by atoms with Gasteiger partial charge < -0.3 is 9.26 Å². The van der Waals surface area contributed by atoms with E-state index in [1.807, 2.05) is 12.1 Å². The summed E-state index contributed by atoms with van der Waals surface area (Å²) in [7, 11) is -3.25. The van der Waals surface area contributed by atoms with Crippen LogP contribution in [0.5, 0.6) is 0 Å². The van der Waals surface area contributed by atoms with Gasteiger partial charge in [-0.15, -0.1) is 0 Å². The Labute approximate surface area is 172 Å². The maximum absolute atomic E-state index is 12.3. The van der Waals surface area contributed by atoms with Crippen molar-refractivity contribution in [3.8, 4) is 11.3 Å². The normalized spacial score (nSPS) is 15.4. The lowest BCUT2D eigenvalue weighted by atomic mass is 10.1. The molecule has 3 aromatic rings. The molecule has 4 rings (SSSR count). The Morgan fingerprint density at radius 1 is 1.14 bits per heavy atom. The number of hydrogen-bond acceptors (Lipinski definition) is 6. The highest BCUT2D eigenvalue weighted by Crippen LogP contribution is 2.25. The lowest BCUT2D eigenvalue weighted by molar-refractivity contribution is 0.0437. The number of aromatic nitrogens is 1. The van der Waals surface area contributed by atoms with Gasteiger partial charge in [0.05, 0.1) is 17.0 Å². The Morgan fingerprint density at radius 2 is 1.86 bits per heavy atom. The number of carbonyl (C=O) groups excluding carboxylic acids is 1. The van der Waals surface area contributed by atoms with E-state index in [1.165, 1.54) is 4.31 Å². The molecule has 2 aromatic carbocycles. The molecule has 2 heterocycles. The largest absolute Gasteiger partial charge is 0.454 e. The van der Waals surface area contributed by atoms with Crippen LogP contribution in [0.3, 0.4) is 0 Å². The number of anilines is 1. The molecule has 9 heteroatoms. The molecule has 1 saturated heterocycles. The summed E-state index contributed by atoms with van der Waals surface area (Å²) in [6.07, 6.45) is 0.599. The molecule has 0 atom stereocenters. The smallest absolute Gasteiger partial charge is 0.338 e. The first-order valence-corrected chi connectivity index (χ1v) is 10.9. The van der Waals surface area contributed by atoms with Crippen LogP contribution in [0.2, 0.25) is 5.02 Å². The van der Waals surface area contributed by atoms with Crippen molar-refractivity contribution in [2.75, 3.05) is 16.6 Å². The number of carbonyl (C=O) groups is 1. The molecule has 0 spiro atoms. The first-order valence-electron chi connectivity index (χ1n) is 8.91. The van der Waals surface area contributed by atoms with Gasteiger partial charge in [-0.3, -0.25) is 4.31 Å². The van der Waals surface area contributed by atoms with Gasteiger partial charge in [-0.25, -0.2) is 13.2 Å². The van der Waals surface area contributed by atoms with E-state index in [1.54, 1.807) is 42.5 Å². The molecule has 150 valence electrons. The van der Waals surface area contributed by atoms with Crippen LogP contribution in [0.4, 0.5) is 5.69 Å². The van der Waals surface area contributed by atoms with Crippen molar-refractivity contribution in [2.24, 2.45) is 0 Å². The molecule has 0 bridgehead atoms. The van der Waals surface area contributed by atoms with Crippen LogP contribution >= 0.6 is 11.6 Å². The lowest BCUT2D eigenvalue weighted by Gasteiger charge is -2.16. The fraction of sp³-hybridized carbons (Fsp3) is 0.200. The molecule has 7 nitrogen and oxygen atoms in total. The molecule has 0 radical (unpaired) electrons. The van der Waals surface area contributed by atoms with Gasteiger partial charge in [0.15, 0.2) is 12.4 Å². The van der Waals surface area contributed by atoms with Crippen LogP contribution in [0.25, 0.3) is 11.3 Å². The van der Waals surface area contributed by atoms with E-state index in [9.17, 15) is 13.2 Å². The molecule has 0 N–H and O–H groups in total. The summed E-state index contributed by atoms with van der Waals surface area (Å²) >= 11 is 5.87. The summed E-state index contributed by atoms with van der Waals surface area (Å²) in [4.78, 5) is 12.3. The molecule has 0 unspecified atom stereocenters. The van der Waals surface area contributed by atoms with Gasteiger partial charge >= 0.3 is 5.97 Å². The van der Waals surface area contributed by atoms with Crippen LogP contribution < -0.4 is 4.31 Å². The molecule has 0 amide bonds. The second kappa shape index (κ2) is 7.88. The maximum Gasteiger partial charge on any atom is 0.338 e. The lowest BCUT2D eigenvalue weighted by Crippen LogP contribution is -2.25. The van der Waals surface area contributed by atoms with Crippen molar-refractivity contribution in [2.45, 2.75) is 13.0 Å². The van der Waals surface area contributed by atoms with Gasteiger partial charge in [-0.2, -0.15) is 0 Å². The SMILES string of the molecule is O=C(OCc1cc(-c2ccc(Cl)cc2)no1)c1ccc(N2CCCS2(=O)=O)cc1. The minimum Gasteiger partial charge on any atom is -0.454 e. The van der Waals surface area contributed by atoms with E-state index in [4.69, 9.17) is 20.9 Å². The summed E-state index contributed by atoms with van der Waals surface area (Å²) in [6.45, 7) is 0.384. The zero-order chi connectivity index (χ0) is 20.4. The number of sulfonamides is 1. The Morgan fingerprint density at radius 3 is 2.52 bits per heavy atom. The zero-order valence-electron chi connectivity index (χ0n) is 15.2. The molecule has 1 aliphatic rings. The highest BCUT2D eigenvalue weighted by Gasteiger charge is 2.28. The van der Waals surface area contributed by atoms with Gasteiger partial charge in [0, 0.05) is 23.2 Å². The summed E-state index contributed by atoms with van der Waals surface area (Å²) in [6, 6.07) is 15.1. The number of esters is 1. The van der Waals surface area contributed by atoms with Crippen molar-refractivity contribution in [3.05, 3.63) is 70.9 Å². The molecule has 0 aliphatic carbocycles. The Hall–Kier alpha value is -2.84. The van der Waals surface area contributed by atoms with Crippen LogP contribution in [-0.4, -0.2) is 31.8 Å². The highest BCUT2D eigenvalue weighted by molar-refractivity contribution is 7.93. The summed E-state index contributed by atoms with van der Waals surface area (Å²) in [5.41, 5.74) is 2.32. The van der Waals surface area contributed by atoms with E-state index in [-0.39, 0.29) is 12.4 Å². The predicted molar refractivity (Wildman–Crippen MR) is 108 cm³/mol. The quantitative estimate of drug-likeness (QED) is 0.568. The average Bonchev–Trinajstić information content (AvgIpc) is 3.33. The summed E-state index contributed by atoms with van der Waals surface area (Å²) in [5.74, 6) is 0.0137. The second-order valence-corrected chi connectivity index (χ2v) is 9.00. The Bertz CT molecular complexity index is 1120. The number of nitrogens with zero attached hydrogens (tertiary/aromatic N) is 2. The number of hydrogen-bond donors (Lipinski definition) is 0. The zero-order valence-corrected chi connectivity index (χ0v) is 16.8. The van der Waals surface area contributed by atoms with Gasteiger partial charge in [-0.1, -0.05) is 28.9 Å². The van der Waals surface area contributed by atoms with Gasteiger partial charge in [0.1, 0.15) is 5.69 Å². The fourth-order valence-corrected chi connectivity index (χ4v) is 4.74. The Balaban J connectivity index is 1.38. The van der Waals surface area contributed by atoms with Crippen LogP contribution in [0, 0.1) is 0 Å². The van der Waals surface area contributed by atoms with E-state index >= 15 is 0 Å². The van der Waals surface area contributed by atoms with Crippen molar-refractivity contribution in [1.82, 2.24) is 5.16 Å². The van der Waals surface area contributed by atoms with Crippen molar-refractivity contribution < 1.29 is 22.5 Å². The van der Waals surface area contributed by atoms with Gasteiger partial charge in [0.2, 0.25) is 10.0 Å². The highest BCUT2D eigenvalue weighted by atomic mass is 35.5. The average molecular weight is 433 g/mol. The first-order chi connectivity index (χ1) is 13.9. The van der Waals surface area contributed by atoms with E-state index in [0.29, 0.717) is 40.7 Å². The van der Waals surface area contributed by atoms with E-state index in [2.05, 4.69) is 5.16 Å². The standard InChI is InChI=1S/C20H17ClN2O5S/c21-16-6-2-14(3-7-16)19-12-18(28-22-19)13-27-20(24)15-4-8-17(9-5-15)23-10-1-11-29(23,25)26/h2-9,12H,1,10-11,13H2. The summed E-state index contributed by atoms with van der Waals surface area (Å²) in [5, 5.41) is 4.59. The molecule has 1 aromatic heterocycles. The fourth-order valence-electron chi connectivity index (χ4n) is 3.05. The molecule has 1 aliphatic heterocycles. The Kier molecular flexibility index (Phi) is 5.29. The topological polar surface area (TPSA) is 89.7 Å². The second-order valence-electron chi connectivity index (χ2n) is 6.55. The monoisotopic (exact) mass is 432 g/mol. The number of ether oxygens (including phenoxy) is 1. The molecule has 29 heavy (non-hydrogen) atoms. The van der Waals surface area contributed by atoms with Crippen molar-refractivity contribution in [1.29, 1.82) is 0 Å². The molecular formula is C20H17ClN2O5S. The number of halogens is 1.